The largest absolute Gasteiger partial charge is 0.492 e. The number of rotatable bonds is 5. The van der Waals surface area contributed by atoms with E-state index in [0.717, 1.165) is 0 Å². The molecule has 0 radical (unpaired) electrons. The van der Waals surface area contributed by atoms with Crippen molar-refractivity contribution in [2.75, 3.05) is 11.3 Å². The highest BCUT2D eigenvalue weighted by Gasteiger charge is 2.21. The summed E-state index contributed by atoms with van der Waals surface area (Å²) in [5.74, 6) is 0.500. The fourth-order valence-electron chi connectivity index (χ4n) is 1.76. The minimum absolute atomic E-state index is 0.0137. The second kappa shape index (κ2) is 6.32. The van der Waals surface area contributed by atoms with Crippen LogP contribution in [0.15, 0.2) is 41.3 Å². The molecule has 5 nitrogen and oxygen atoms in total. The van der Waals surface area contributed by atoms with Crippen LogP contribution in [0.4, 0.5) is 5.82 Å². The Morgan fingerprint density at radius 1 is 1.29 bits per heavy atom. The van der Waals surface area contributed by atoms with Gasteiger partial charge in [0.05, 0.1) is 6.61 Å². The highest BCUT2D eigenvalue weighted by Crippen LogP contribution is 2.28. The Morgan fingerprint density at radius 3 is 2.71 bits per heavy atom. The number of nitrogens with one attached hydrogen (secondary N) is 1. The van der Waals surface area contributed by atoms with Gasteiger partial charge in [-0.25, -0.2) is 13.4 Å². The Kier molecular flexibility index (Phi) is 4.69. The van der Waals surface area contributed by atoms with Gasteiger partial charge in [0.15, 0.2) is 0 Å². The molecule has 2 aromatic rings. The summed E-state index contributed by atoms with van der Waals surface area (Å²) in [4.78, 5) is 4.10. The van der Waals surface area contributed by atoms with E-state index in [-0.39, 0.29) is 16.5 Å². The average Bonchev–Trinajstić information content (AvgIpc) is 2.40. The molecule has 7 heteroatoms. The van der Waals surface area contributed by atoms with E-state index in [1.54, 1.807) is 38.1 Å². The maximum Gasteiger partial charge on any atom is 0.266 e. The van der Waals surface area contributed by atoms with Crippen molar-refractivity contribution in [2.45, 2.75) is 18.7 Å². The Bertz CT molecular complexity index is 748. The van der Waals surface area contributed by atoms with Gasteiger partial charge in [-0.05, 0) is 44.2 Å². The molecule has 0 aliphatic rings. The number of ether oxygens (including phenoxy) is 1. The SMILES string of the molecule is CCOc1ccc(Cl)cc1S(=O)(=O)Nc1cccc(C)n1. The van der Waals surface area contributed by atoms with Gasteiger partial charge >= 0.3 is 0 Å². The topological polar surface area (TPSA) is 68.3 Å². The van der Waals surface area contributed by atoms with Crippen molar-refractivity contribution < 1.29 is 13.2 Å². The lowest BCUT2D eigenvalue weighted by Crippen LogP contribution is -2.15. The van der Waals surface area contributed by atoms with Crippen LogP contribution in [0.2, 0.25) is 5.02 Å². The molecule has 2 rings (SSSR count). The lowest BCUT2D eigenvalue weighted by Gasteiger charge is -2.12. The predicted molar refractivity (Wildman–Crippen MR) is 82.4 cm³/mol. The van der Waals surface area contributed by atoms with Crippen LogP contribution in [-0.4, -0.2) is 20.0 Å². The van der Waals surface area contributed by atoms with Gasteiger partial charge in [0.1, 0.15) is 16.5 Å². The quantitative estimate of drug-likeness (QED) is 0.915. The molecule has 0 saturated carbocycles. The number of sulfonamides is 1. The Hall–Kier alpha value is -1.79. The zero-order valence-electron chi connectivity index (χ0n) is 11.6. The molecule has 0 atom stereocenters. The summed E-state index contributed by atoms with van der Waals surface area (Å²) < 4.78 is 32.7. The lowest BCUT2D eigenvalue weighted by atomic mass is 10.3. The third-order valence-electron chi connectivity index (χ3n) is 2.62. The third kappa shape index (κ3) is 3.86. The van der Waals surface area contributed by atoms with E-state index >= 15 is 0 Å². The number of aromatic nitrogens is 1. The van der Waals surface area contributed by atoms with Crippen LogP contribution in [-0.2, 0) is 10.0 Å². The highest BCUT2D eigenvalue weighted by atomic mass is 35.5. The zero-order valence-corrected chi connectivity index (χ0v) is 13.2. The second-order valence-corrected chi connectivity index (χ2v) is 6.38. The molecule has 0 saturated heterocycles. The Balaban J connectivity index is 2.41. The van der Waals surface area contributed by atoms with E-state index in [1.807, 2.05) is 0 Å². The molecule has 1 aromatic heterocycles. The van der Waals surface area contributed by atoms with Gasteiger partial charge in [-0.1, -0.05) is 17.7 Å². The van der Waals surface area contributed by atoms with E-state index in [2.05, 4.69) is 9.71 Å². The molecule has 112 valence electrons. The number of aryl methyl sites for hydroxylation is 1. The Labute approximate surface area is 129 Å². The van der Waals surface area contributed by atoms with Crippen molar-refractivity contribution in [3.63, 3.8) is 0 Å². The molecule has 0 aliphatic heterocycles. The van der Waals surface area contributed by atoms with Gasteiger partial charge in [0, 0.05) is 10.7 Å². The summed E-state index contributed by atoms with van der Waals surface area (Å²) in [6.45, 7) is 3.91. The molecule has 1 aromatic carbocycles. The van der Waals surface area contributed by atoms with Crippen LogP contribution in [0.25, 0.3) is 0 Å². The molecular formula is C14H15ClN2O3S. The molecular weight excluding hydrogens is 312 g/mol. The summed E-state index contributed by atoms with van der Waals surface area (Å²) in [6.07, 6.45) is 0. The molecule has 0 unspecified atom stereocenters. The summed E-state index contributed by atoms with van der Waals surface area (Å²) >= 11 is 5.89. The molecule has 0 aliphatic carbocycles. The smallest absolute Gasteiger partial charge is 0.266 e. The summed E-state index contributed by atoms with van der Waals surface area (Å²) in [7, 11) is -3.83. The number of halogens is 1. The van der Waals surface area contributed by atoms with Crippen LogP contribution in [0.3, 0.4) is 0 Å². The molecule has 0 amide bonds. The van der Waals surface area contributed by atoms with E-state index in [9.17, 15) is 8.42 Å². The van der Waals surface area contributed by atoms with Gasteiger partial charge < -0.3 is 4.74 Å². The third-order valence-corrected chi connectivity index (χ3v) is 4.23. The van der Waals surface area contributed by atoms with Crippen molar-refractivity contribution in [2.24, 2.45) is 0 Å². The molecule has 0 bridgehead atoms. The fourth-order valence-corrected chi connectivity index (χ4v) is 3.17. The van der Waals surface area contributed by atoms with E-state index in [1.165, 1.54) is 12.1 Å². The fraction of sp³-hybridized carbons (Fsp3) is 0.214. The molecule has 1 heterocycles. The lowest BCUT2D eigenvalue weighted by molar-refractivity contribution is 0.331. The first-order chi connectivity index (χ1) is 9.92. The van der Waals surface area contributed by atoms with Crippen LogP contribution in [0, 0.1) is 6.92 Å². The van der Waals surface area contributed by atoms with Gasteiger partial charge in [0.25, 0.3) is 10.0 Å². The standard InChI is InChI=1S/C14H15ClN2O3S/c1-3-20-12-8-7-11(15)9-13(12)21(18,19)17-14-6-4-5-10(2)16-14/h4-9H,3H2,1-2H3,(H,16,17). The number of hydrogen-bond acceptors (Lipinski definition) is 4. The number of benzene rings is 1. The molecule has 0 fully saturated rings. The first kappa shape index (κ1) is 15.6. The normalized spacial score (nSPS) is 11.2. The van der Waals surface area contributed by atoms with Gasteiger partial charge in [-0.3, -0.25) is 4.72 Å². The maximum absolute atomic E-state index is 12.5. The molecule has 0 spiro atoms. The summed E-state index contributed by atoms with van der Waals surface area (Å²) in [5.41, 5.74) is 0.714. The monoisotopic (exact) mass is 326 g/mol. The van der Waals surface area contributed by atoms with Crippen LogP contribution < -0.4 is 9.46 Å². The van der Waals surface area contributed by atoms with Crippen LogP contribution in [0.1, 0.15) is 12.6 Å². The molecule has 21 heavy (non-hydrogen) atoms. The Morgan fingerprint density at radius 2 is 2.05 bits per heavy atom. The van der Waals surface area contributed by atoms with Crippen LogP contribution >= 0.6 is 11.6 Å². The number of pyridine rings is 1. The van der Waals surface area contributed by atoms with E-state index in [0.29, 0.717) is 17.3 Å². The van der Waals surface area contributed by atoms with Crippen molar-refractivity contribution in [1.29, 1.82) is 0 Å². The second-order valence-electron chi connectivity index (χ2n) is 4.29. The predicted octanol–water partition coefficient (Wildman–Crippen LogP) is 3.24. The summed E-state index contributed by atoms with van der Waals surface area (Å²) in [6, 6.07) is 9.55. The maximum atomic E-state index is 12.5. The van der Waals surface area contributed by atoms with Gasteiger partial charge in [-0.15, -0.1) is 0 Å². The average molecular weight is 327 g/mol. The number of anilines is 1. The number of nitrogens with zero attached hydrogens (tertiary/aromatic N) is 1. The first-order valence-electron chi connectivity index (χ1n) is 6.31. The highest BCUT2D eigenvalue weighted by molar-refractivity contribution is 7.92. The van der Waals surface area contributed by atoms with Crippen molar-refractivity contribution in [3.8, 4) is 5.75 Å². The van der Waals surface area contributed by atoms with Gasteiger partial charge in [0.2, 0.25) is 0 Å². The number of hydrogen-bond donors (Lipinski definition) is 1. The van der Waals surface area contributed by atoms with E-state index < -0.39 is 10.0 Å². The van der Waals surface area contributed by atoms with Crippen molar-refractivity contribution >= 4 is 27.4 Å². The minimum Gasteiger partial charge on any atom is -0.492 e. The first-order valence-corrected chi connectivity index (χ1v) is 8.17. The van der Waals surface area contributed by atoms with Crippen molar-refractivity contribution in [1.82, 2.24) is 4.98 Å². The van der Waals surface area contributed by atoms with Gasteiger partial charge in [-0.2, -0.15) is 0 Å². The summed E-state index contributed by atoms with van der Waals surface area (Å²) in [5, 5.41) is 0.316. The zero-order chi connectivity index (χ0) is 15.5. The van der Waals surface area contributed by atoms with Crippen molar-refractivity contribution in [3.05, 3.63) is 47.1 Å². The van der Waals surface area contributed by atoms with Crippen LogP contribution in [0.5, 0.6) is 5.75 Å². The molecule has 1 N–H and O–H groups in total. The van der Waals surface area contributed by atoms with E-state index in [4.69, 9.17) is 16.3 Å². The minimum atomic E-state index is -3.83.